The van der Waals surface area contributed by atoms with E-state index in [0.717, 1.165) is 22.0 Å². The molecule has 128 valence electrons. The number of carbonyl (C=O) groups is 1. The third-order valence-electron chi connectivity index (χ3n) is 4.20. The Morgan fingerprint density at radius 1 is 1.04 bits per heavy atom. The van der Waals surface area contributed by atoms with E-state index < -0.39 is 0 Å². The number of pyridine rings is 1. The summed E-state index contributed by atoms with van der Waals surface area (Å²) in [4.78, 5) is 23.8. The Labute approximate surface area is 156 Å². The lowest BCUT2D eigenvalue weighted by Crippen LogP contribution is -2.23. The molecule has 1 fully saturated rings. The normalized spacial score (nSPS) is 17.6. The maximum absolute atomic E-state index is 12.6. The monoisotopic (exact) mass is 359 g/mol. The number of carbonyl (C=O) groups excluding carboxylic acids is 1. The molecule has 0 N–H and O–H groups in total. The number of aromatic nitrogens is 1. The van der Waals surface area contributed by atoms with Crippen LogP contribution in [0.25, 0.3) is 16.8 Å². The summed E-state index contributed by atoms with van der Waals surface area (Å²) < 4.78 is 0. The molecule has 1 saturated heterocycles. The molecule has 26 heavy (non-hydrogen) atoms. The Morgan fingerprint density at radius 2 is 1.81 bits per heavy atom. The lowest BCUT2D eigenvalue weighted by atomic mass is 10.0. The number of hydrogen-bond donors (Lipinski definition) is 0. The van der Waals surface area contributed by atoms with Gasteiger partial charge < -0.3 is 0 Å². The van der Waals surface area contributed by atoms with E-state index >= 15 is 0 Å². The molecule has 4 rings (SSSR count). The number of likely N-dealkylation sites (N-methyl/N-ethyl adjacent to an activating group) is 1. The van der Waals surface area contributed by atoms with Gasteiger partial charge in [-0.1, -0.05) is 48.5 Å². The van der Waals surface area contributed by atoms with Crippen molar-refractivity contribution in [3.63, 3.8) is 0 Å². The molecule has 0 atom stereocenters. The van der Waals surface area contributed by atoms with Crippen molar-refractivity contribution in [1.29, 1.82) is 0 Å². The van der Waals surface area contributed by atoms with Crippen molar-refractivity contribution < 1.29 is 4.79 Å². The van der Waals surface area contributed by atoms with Gasteiger partial charge in [0.2, 0.25) is 0 Å². The van der Waals surface area contributed by atoms with Crippen molar-refractivity contribution in [2.24, 2.45) is 4.99 Å². The van der Waals surface area contributed by atoms with Gasteiger partial charge in [0.15, 0.2) is 11.0 Å². The minimum Gasteiger partial charge on any atom is -0.289 e. The fraction of sp³-hybridized carbons (Fsp3) is 0.0952. The molecule has 4 nitrogen and oxygen atoms in total. The first-order valence-corrected chi connectivity index (χ1v) is 9.11. The van der Waals surface area contributed by atoms with Gasteiger partial charge in [0.25, 0.3) is 5.91 Å². The summed E-state index contributed by atoms with van der Waals surface area (Å²) in [7, 11) is 1.74. The number of aliphatic imine (C=N–C) groups is 1. The fourth-order valence-electron chi connectivity index (χ4n) is 2.86. The second-order valence-electron chi connectivity index (χ2n) is 6.07. The van der Waals surface area contributed by atoms with Gasteiger partial charge in [-0.25, -0.2) is 9.98 Å². The van der Waals surface area contributed by atoms with Crippen LogP contribution in [0.15, 0.2) is 70.6 Å². The molecule has 0 radical (unpaired) electrons. The van der Waals surface area contributed by atoms with Crippen molar-refractivity contribution >= 4 is 45.5 Å². The van der Waals surface area contributed by atoms with Crippen LogP contribution in [0.4, 0.5) is 5.82 Å². The Morgan fingerprint density at radius 3 is 2.65 bits per heavy atom. The van der Waals surface area contributed by atoms with Gasteiger partial charge in [-0.15, -0.1) is 0 Å². The Balaban J connectivity index is 1.72. The largest absolute Gasteiger partial charge is 0.289 e. The summed E-state index contributed by atoms with van der Waals surface area (Å²) in [6.45, 7) is 1.92. The van der Waals surface area contributed by atoms with E-state index in [2.05, 4.69) is 28.2 Å². The third-order valence-corrected chi connectivity index (χ3v) is 5.26. The number of fused-ring (bicyclic) bond motifs is 1. The highest BCUT2D eigenvalue weighted by molar-refractivity contribution is 8.18. The Hall–Kier alpha value is -2.92. The van der Waals surface area contributed by atoms with Crippen molar-refractivity contribution in [3.05, 3.63) is 76.8 Å². The van der Waals surface area contributed by atoms with Crippen LogP contribution in [0.2, 0.25) is 0 Å². The molecule has 1 aliphatic rings. The minimum atomic E-state index is -0.0469. The number of aryl methyl sites for hydroxylation is 1. The van der Waals surface area contributed by atoms with E-state index in [9.17, 15) is 4.79 Å². The zero-order valence-corrected chi connectivity index (χ0v) is 15.3. The second kappa shape index (κ2) is 6.77. The summed E-state index contributed by atoms with van der Waals surface area (Å²) in [6, 6.07) is 20.0. The second-order valence-corrected chi connectivity index (χ2v) is 7.08. The van der Waals surface area contributed by atoms with Crippen molar-refractivity contribution in [2.45, 2.75) is 6.92 Å². The molecule has 0 bridgehead atoms. The van der Waals surface area contributed by atoms with Gasteiger partial charge >= 0.3 is 0 Å². The number of thioether (sulfide) groups is 1. The Kier molecular flexibility index (Phi) is 4.31. The molecule has 0 aliphatic carbocycles. The summed E-state index contributed by atoms with van der Waals surface area (Å²) in [6.07, 6.45) is 1.94. The zero-order chi connectivity index (χ0) is 18.1. The standard InChI is InChI=1S/C21H17N3OS/c1-14-7-5-12-19(22-14)23-21-24(2)20(25)18(26-21)13-16-10-6-9-15-8-3-4-11-17(15)16/h3-13H,1-2H3/b18-13-,23-21+. The van der Waals surface area contributed by atoms with E-state index in [0.29, 0.717) is 15.9 Å². The first-order valence-electron chi connectivity index (χ1n) is 8.29. The van der Waals surface area contributed by atoms with Gasteiger partial charge in [0, 0.05) is 12.7 Å². The van der Waals surface area contributed by atoms with E-state index in [-0.39, 0.29) is 5.91 Å². The molecular weight excluding hydrogens is 342 g/mol. The highest BCUT2D eigenvalue weighted by Gasteiger charge is 2.30. The maximum atomic E-state index is 12.6. The van der Waals surface area contributed by atoms with Gasteiger partial charge in [-0.3, -0.25) is 9.69 Å². The molecule has 1 amide bonds. The highest BCUT2D eigenvalue weighted by atomic mass is 32.2. The van der Waals surface area contributed by atoms with Crippen LogP contribution in [-0.2, 0) is 4.79 Å². The number of amides is 1. The van der Waals surface area contributed by atoms with Crippen LogP contribution in [0, 0.1) is 6.92 Å². The first kappa shape index (κ1) is 16.5. The number of rotatable bonds is 2. The van der Waals surface area contributed by atoms with Crippen LogP contribution in [0.3, 0.4) is 0 Å². The molecule has 2 heterocycles. The van der Waals surface area contributed by atoms with Crippen molar-refractivity contribution in [1.82, 2.24) is 9.88 Å². The highest BCUT2D eigenvalue weighted by Crippen LogP contribution is 2.34. The zero-order valence-electron chi connectivity index (χ0n) is 14.5. The van der Waals surface area contributed by atoms with E-state index in [1.807, 2.05) is 55.5 Å². The predicted molar refractivity (Wildman–Crippen MR) is 108 cm³/mol. The van der Waals surface area contributed by atoms with E-state index in [1.165, 1.54) is 11.8 Å². The molecule has 5 heteroatoms. The SMILES string of the molecule is Cc1cccc(/N=C2/S/C(=C\c3cccc4ccccc34)C(=O)N2C)n1. The fourth-order valence-corrected chi connectivity index (χ4v) is 3.82. The van der Waals surface area contributed by atoms with Crippen LogP contribution >= 0.6 is 11.8 Å². The average Bonchev–Trinajstić information content (AvgIpc) is 2.90. The van der Waals surface area contributed by atoms with E-state index in [4.69, 9.17) is 0 Å². The molecule has 3 aromatic rings. The summed E-state index contributed by atoms with van der Waals surface area (Å²) in [5, 5.41) is 2.92. The predicted octanol–water partition coefficient (Wildman–Crippen LogP) is 4.78. The number of benzene rings is 2. The molecule has 2 aromatic carbocycles. The van der Waals surface area contributed by atoms with Gasteiger partial charge in [0.05, 0.1) is 4.91 Å². The summed E-state index contributed by atoms with van der Waals surface area (Å²) in [5.41, 5.74) is 1.93. The van der Waals surface area contributed by atoms with Crippen molar-refractivity contribution in [2.75, 3.05) is 7.05 Å². The van der Waals surface area contributed by atoms with Crippen LogP contribution in [0.1, 0.15) is 11.3 Å². The minimum absolute atomic E-state index is 0.0469. The third kappa shape index (κ3) is 3.13. The van der Waals surface area contributed by atoms with E-state index in [1.54, 1.807) is 11.9 Å². The Bertz CT molecular complexity index is 1070. The molecular formula is C21H17N3OS. The average molecular weight is 359 g/mol. The van der Waals surface area contributed by atoms with Gasteiger partial charge in [-0.2, -0.15) is 0 Å². The van der Waals surface area contributed by atoms with Gasteiger partial charge in [0.1, 0.15) is 0 Å². The summed E-state index contributed by atoms with van der Waals surface area (Å²) in [5.74, 6) is 0.563. The number of hydrogen-bond acceptors (Lipinski definition) is 4. The smallest absolute Gasteiger partial charge is 0.266 e. The lowest BCUT2D eigenvalue weighted by Gasteiger charge is -2.07. The van der Waals surface area contributed by atoms with Crippen LogP contribution < -0.4 is 0 Å². The lowest BCUT2D eigenvalue weighted by molar-refractivity contribution is -0.121. The maximum Gasteiger partial charge on any atom is 0.266 e. The van der Waals surface area contributed by atoms with Crippen molar-refractivity contribution in [3.8, 4) is 0 Å². The first-order chi connectivity index (χ1) is 12.6. The molecule has 0 unspecified atom stereocenters. The molecule has 0 saturated carbocycles. The number of amidine groups is 1. The number of nitrogens with zero attached hydrogens (tertiary/aromatic N) is 3. The van der Waals surface area contributed by atoms with Crippen LogP contribution in [0.5, 0.6) is 0 Å². The quantitative estimate of drug-likeness (QED) is 0.619. The topological polar surface area (TPSA) is 45.6 Å². The van der Waals surface area contributed by atoms with Gasteiger partial charge in [-0.05, 0) is 53.2 Å². The summed E-state index contributed by atoms with van der Waals surface area (Å²) >= 11 is 1.38. The van der Waals surface area contributed by atoms with Crippen LogP contribution in [-0.4, -0.2) is 28.0 Å². The molecule has 0 spiro atoms. The molecule has 1 aromatic heterocycles. The molecule has 1 aliphatic heterocycles.